The van der Waals surface area contributed by atoms with Crippen LogP contribution in [-0.2, 0) is 0 Å². The van der Waals surface area contributed by atoms with E-state index in [1.807, 2.05) is 6.08 Å². The van der Waals surface area contributed by atoms with Crippen LogP contribution < -0.4 is 4.90 Å². The summed E-state index contributed by atoms with van der Waals surface area (Å²) in [6, 6.07) is 82.1. The fraction of sp³-hybridized carbons (Fsp3) is 0. The number of aromatic nitrogens is 1. The fourth-order valence-corrected chi connectivity index (χ4v) is 9.89. The second kappa shape index (κ2) is 16.9. The molecule has 0 radical (unpaired) electrons. The summed E-state index contributed by atoms with van der Waals surface area (Å²) in [5, 5.41) is 6.91. The molecule has 316 valence electrons. The van der Waals surface area contributed by atoms with E-state index < -0.39 is 0 Å². The zero-order chi connectivity index (χ0) is 44.7. The highest BCUT2D eigenvalue weighted by atomic mass is 16.3. The van der Waals surface area contributed by atoms with Crippen molar-refractivity contribution >= 4 is 72.1 Å². The first-order valence-corrected chi connectivity index (χ1v) is 22.8. The van der Waals surface area contributed by atoms with E-state index in [1.54, 1.807) is 0 Å². The lowest BCUT2D eigenvalue weighted by Gasteiger charge is -2.28. The Balaban J connectivity index is 1.01. The van der Waals surface area contributed by atoms with Gasteiger partial charge < -0.3 is 13.9 Å². The van der Waals surface area contributed by atoms with Gasteiger partial charge in [-0.2, -0.15) is 0 Å². The van der Waals surface area contributed by atoms with Gasteiger partial charge in [0.2, 0.25) is 0 Å². The van der Waals surface area contributed by atoms with E-state index in [9.17, 15) is 0 Å². The maximum Gasteiger partial charge on any atom is 0.143 e. The molecule has 2 aromatic heterocycles. The van der Waals surface area contributed by atoms with Crippen molar-refractivity contribution in [2.24, 2.45) is 0 Å². The molecular weight excluding hydrogens is 813 g/mol. The van der Waals surface area contributed by atoms with Gasteiger partial charge in [0.15, 0.2) is 0 Å². The van der Waals surface area contributed by atoms with Crippen LogP contribution in [0.4, 0.5) is 11.4 Å². The molecule has 67 heavy (non-hydrogen) atoms. The van der Waals surface area contributed by atoms with Crippen molar-refractivity contribution in [1.82, 2.24) is 4.57 Å². The van der Waals surface area contributed by atoms with Crippen molar-refractivity contribution in [1.29, 1.82) is 0 Å². The van der Waals surface area contributed by atoms with Crippen molar-refractivity contribution < 1.29 is 4.42 Å². The van der Waals surface area contributed by atoms with Crippen LogP contribution in [0.25, 0.3) is 105 Å². The Morgan fingerprint density at radius 3 is 1.73 bits per heavy atom. The van der Waals surface area contributed by atoms with Crippen molar-refractivity contribution in [3.05, 3.63) is 261 Å². The quantitative estimate of drug-likeness (QED) is 0.128. The Labute approximate surface area is 389 Å². The molecule has 0 atom stereocenters. The molecule has 3 nitrogen and oxygen atoms in total. The summed E-state index contributed by atoms with van der Waals surface area (Å²) in [6.45, 7) is 4.43. The standard InChI is InChI=1S/C64H44N2O/c1-2-49(24-18-42-65-60-31-14-11-26-53(60)54-27-12-15-32-61(54)65)66(50-38-34-44(35-39-50)48-37-40-51(45-19-5-3-6-20-45)59(43-48)46-21-7-4-8-22-46)62-33-16-13-28-55(62)56-29-17-30-57-58-41-36-47-23-9-10-25-52(47)63(58)67-64(56)57/h2-43H,1H2/b42-18+,49-24+. The molecule has 12 aromatic rings. The molecule has 12 rings (SSSR count). The van der Waals surface area contributed by atoms with E-state index >= 15 is 0 Å². The number of hydrogen-bond donors (Lipinski definition) is 0. The lowest BCUT2D eigenvalue weighted by Crippen LogP contribution is -2.16. The van der Waals surface area contributed by atoms with Crippen LogP contribution in [0.15, 0.2) is 265 Å². The highest BCUT2D eigenvalue weighted by Crippen LogP contribution is 2.45. The number of fused-ring (bicyclic) bond motifs is 8. The molecule has 3 heteroatoms. The number of furan rings is 1. The van der Waals surface area contributed by atoms with Crippen molar-refractivity contribution in [3.63, 3.8) is 0 Å². The van der Waals surface area contributed by atoms with Crippen LogP contribution in [-0.4, -0.2) is 4.57 Å². The van der Waals surface area contributed by atoms with Gasteiger partial charge in [0.25, 0.3) is 0 Å². The number of benzene rings is 10. The van der Waals surface area contributed by atoms with Crippen LogP contribution >= 0.6 is 0 Å². The van der Waals surface area contributed by atoms with Gasteiger partial charge in [-0.1, -0.05) is 195 Å². The SMILES string of the molecule is C=C/C(=C\C=C\n1c2ccccc2c2ccccc21)N(c1ccc(-c2ccc(-c3ccccc3)c(-c3ccccc3)c2)cc1)c1ccccc1-c1cccc2c1oc1c3ccccc3ccc21. The predicted molar refractivity (Wildman–Crippen MR) is 285 cm³/mol. The largest absolute Gasteiger partial charge is 0.455 e. The maximum absolute atomic E-state index is 6.93. The summed E-state index contributed by atoms with van der Waals surface area (Å²) in [5.74, 6) is 0. The molecule has 0 fully saturated rings. The molecule has 0 saturated carbocycles. The third-order valence-electron chi connectivity index (χ3n) is 13.1. The number of hydrogen-bond acceptors (Lipinski definition) is 2. The molecular formula is C64H44N2O. The van der Waals surface area contributed by atoms with Gasteiger partial charge in [-0.05, 0) is 99.5 Å². The second-order valence-corrected chi connectivity index (χ2v) is 16.9. The first kappa shape index (κ1) is 39.7. The summed E-state index contributed by atoms with van der Waals surface area (Å²) >= 11 is 0. The number of rotatable bonds is 10. The van der Waals surface area contributed by atoms with Crippen molar-refractivity contribution in [2.75, 3.05) is 4.90 Å². The summed E-state index contributed by atoms with van der Waals surface area (Å²) in [4.78, 5) is 2.31. The van der Waals surface area contributed by atoms with Gasteiger partial charge in [-0.15, -0.1) is 0 Å². The Bertz CT molecular complexity index is 3820. The Hall–Kier alpha value is -8.92. The molecule has 2 heterocycles. The zero-order valence-electron chi connectivity index (χ0n) is 36.8. The Kier molecular flexibility index (Phi) is 10.00. The van der Waals surface area contributed by atoms with E-state index in [1.165, 1.54) is 33.0 Å². The highest BCUT2D eigenvalue weighted by molar-refractivity contribution is 6.17. The smallest absolute Gasteiger partial charge is 0.143 e. The first-order chi connectivity index (χ1) is 33.2. The minimum Gasteiger partial charge on any atom is -0.455 e. The third-order valence-corrected chi connectivity index (χ3v) is 13.1. The van der Waals surface area contributed by atoms with Crippen LogP contribution in [0.2, 0.25) is 0 Å². The Morgan fingerprint density at radius 1 is 0.418 bits per heavy atom. The fourth-order valence-electron chi connectivity index (χ4n) is 9.89. The molecule has 0 N–H and O–H groups in total. The van der Waals surface area contributed by atoms with E-state index in [4.69, 9.17) is 4.42 Å². The first-order valence-electron chi connectivity index (χ1n) is 22.8. The topological polar surface area (TPSA) is 21.3 Å². The number of para-hydroxylation sites is 4. The van der Waals surface area contributed by atoms with Crippen LogP contribution in [0, 0.1) is 0 Å². The number of anilines is 2. The summed E-state index contributed by atoms with van der Waals surface area (Å²) in [6.07, 6.45) is 8.39. The van der Waals surface area contributed by atoms with Crippen LogP contribution in [0.3, 0.4) is 0 Å². The lowest BCUT2D eigenvalue weighted by molar-refractivity contribution is 0.674. The summed E-state index contributed by atoms with van der Waals surface area (Å²) in [5.41, 5.74) is 16.1. The lowest BCUT2D eigenvalue weighted by atomic mass is 9.91. The highest BCUT2D eigenvalue weighted by Gasteiger charge is 2.21. The minimum absolute atomic E-state index is 0.861. The van der Waals surface area contributed by atoms with E-state index in [-0.39, 0.29) is 0 Å². The molecule has 0 aliphatic heterocycles. The van der Waals surface area contributed by atoms with Gasteiger partial charge in [-0.25, -0.2) is 0 Å². The number of allylic oxidation sites excluding steroid dienone is 3. The van der Waals surface area contributed by atoms with E-state index in [0.717, 1.165) is 83.1 Å². The normalized spacial score (nSPS) is 12.0. The molecule has 10 aromatic carbocycles. The predicted octanol–water partition coefficient (Wildman–Crippen LogP) is 17.9. The average Bonchev–Trinajstić information content (AvgIpc) is 3.95. The summed E-state index contributed by atoms with van der Waals surface area (Å²) in [7, 11) is 0. The van der Waals surface area contributed by atoms with Gasteiger partial charge in [0.05, 0.1) is 16.7 Å². The molecule has 0 spiro atoms. The van der Waals surface area contributed by atoms with Gasteiger partial charge in [-0.3, -0.25) is 0 Å². The summed E-state index contributed by atoms with van der Waals surface area (Å²) < 4.78 is 9.20. The molecule has 0 saturated heterocycles. The Morgan fingerprint density at radius 2 is 1.00 bits per heavy atom. The molecule has 0 aliphatic rings. The van der Waals surface area contributed by atoms with Gasteiger partial charge >= 0.3 is 0 Å². The van der Waals surface area contributed by atoms with Crippen molar-refractivity contribution in [2.45, 2.75) is 0 Å². The molecule has 0 bridgehead atoms. The van der Waals surface area contributed by atoms with Crippen LogP contribution in [0.1, 0.15) is 0 Å². The molecule has 0 amide bonds. The second-order valence-electron chi connectivity index (χ2n) is 16.9. The number of nitrogens with zero attached hydrogens (tertiary/aromatic N) is 2. The van der Waals surface area contributed by atoms with E-state index in [0.29, 0.717) is 0 Å². The van der Waals surface area contributed by atoms with E-state index in [2.05, 4.69) is 265 Å². The molecule has 0 unspecified atom stereocenters. The molecule has 0 aliphatic carbocycles. The minimum atomic E-state index is 0.861. The van der Waals surface area contributed by atoms with Gasteiger partial charge in [0, 0.05) is 55.6 Å². The monoisotopic (exact) mass is 856 g/mol. The van der Waals surface area contributed by atoms with Crippen LogP contribution in [0.5, 0.6) is 0 Å². The van der Waals surface area contributed by atoms with Crippen molar-refractivity contribution in [3.8, 4) is 44.5 Å². The zero-order valence-corrected chi connectivity index (χ0v) is 36.8. The average molecular weight is 857 g/mol. The maximum atomic E-state index is 6.93. The van der Waals surface area contributed by atoms with Gasteiger partial charge in [0.1, 0.15) is 11.2 Å². The third kappa shape index (κ3) is 7.02.